The van der Waals surface area contributed by atoms with Crippen molar-refractivity contribution in [2.75, 3.05) is 19.8 Å². The van der Waals surface area contributed by atoms with E-state index in [0.717, 1.165) is 38.5 Å². The number of carbonyl (C=O) groups is 1. The number of aliphatic carboxylic acids is 1. The maximum atomic E-state index is 11.4. The van der Waals surface area contributed by atoms with E-state index in [1.165, 1.54) is 0 Å². The van der Waals surface area contributed by atoms with E-state index in [1.54, 1.807) is 0 Å². The molecule has 0 rings (SSSR count). The summed E-state index contributed by atoms with van der Waals surface area (Å²) >= 11 is 0. The van der Waals surface area contributed by atoms with E-state index in [0.29, 0.717) is 19.8 Å². The van der Waals surface area contributed by atoms with Gasteiger partial charge in [0.15, 0.2) is 0 Å². The minimum Gasteiger partial charge on any atom is -0.475 e. The van der Waals surface area contributed by atoms with E-state index in [4.69, 9.17) is 14.2 Å². The van der Waals surface area contributed by atoms with Gasteiger partial charge in [-0.05, 0) is 19.3 Å². The van der Waals surface area contributed by atoms with Gasteiger partial charge < -0.3 is 19.3 Å². The lowest BCUT2D eigenvalue weighted by Gasteiger charge is -2.29. The quantitative estimate of drug-likeness (QED) is 0.413. The van der Waals surface area contributed by atoms with Gasteiger partial charge in [-0.3, -0.25) is 0 Å². The average Bonchev–Trinajstić information content (AvgIpc) is 2.38. The van der Waals surface area contributed by atoms with Crippen LogP contribution in [0.4, 0.5) is 0 Å². The predicted molar refractivity (Wildman–Crippen MR) is 72.9 cm³/mol. The Bertz CT molecular complexity index is 203. The lowest BCUT2D eigenvalue weighted by Crippen LogP contribution is -2.48. The van der Waals surface area contributed by atoms with E-state index in [1.807, 2.05) is 20.8 Å². The van der Waals surface area contributed by atoms with Crippen molar-refractivity contribution < 1.29 is 24.1 Å². The molecule has 19 heavy (non-hydrogen) atoms. The van der Waals surface area contributed by atoms with Gasteiger partial charge in [-0.1, -0.05) is 40.0 Å². The highest BCUT2D eigenvalue weighted by atomic mass is 16.9. The molecule has 0 aromatic rings. The highest BCUT2D eigenvalue weighted by Gasteiger charge is 2.43. The lowest BCUT2D eigenvalue weighted by molar-refractivity contribution is -0.363. The van der Waals surface area contributed by atoms with Crippen LogP contribution in [0.5, 0.6) is 0 Å². The zero-order valence-electron chi connectivity index (χ0n) is 12.4. The van der Waals surface area contributed by atoms with E-state index in [2.05, 4.69) is 0 Å². The number of hydrogen-bond acceptors (Lipinski definition) is 4. The van der Waals surface area contributed by atoms with Crippen molar-refractivity contribution in [1.82, 2.24) is 0 Å². The molecule has 0 saturated carbocycles. The van der Waals surface area contributed by atoms with Crippen LogP contribution in [0, 0.1) is 0 Å². The molecule has 0 fully saturated rings. The first-order valence-electron chi connectivity index (χ1n) is 7.28. The third-order valence-electron chi connectivity index (χ3n) is 2.63. The number of ether oxygens (including phenoxy) is 3. The van der Waals surface area contributed by atoms with Gasteiger partial charge in [-0.2, -0.15) is 0 Å². The third kappa shape index (κ3) is 7.50. The van der Waals surface area contributed by atoms with E-state index in [-0.39, 0.29) is 0 Å². The van der Waals surface area contributed by atoms with Gasteiger partial charge in [0.25, 0.3) is 0 Å². The van der Waals surface area contributed by atoms with E-state index < -0.39 is 11.9 Å². The Hall–Kier alpha value is -0.650. The first-order valence-corrected chi connectivity index (χ1v) is 7.28. The van der Waals surface area contributed by atoms with Crippen LogP contribution in [0.2, 0.25) is 0 Å². The Morgan fingerprint density at radius 1 is 0.842 bits per heavy atom. The van der Waals surface area contributed by atoms with Crippen LogP contribution in [0.15, 0.2) is 0 Å². The molecule has 1 N–H and O–H groups in total. The molecule has 0 aromatic carbocycles. The Morgan fingerprint density at radius 2 is 1.16 bits per heavy atom. The monoisotopic (exact) mass is 276 g/mol. The Kier molecular flexibility index (Phi) is 10.8. The third-order valence-corrected chi connectivity index (χ3v) is 2.63. The van der Waals surface area contributed by atoms with Gasteiger partial charge >= 0.3 is 11.9 Å². The van der Waals surface area contributed by atoms with Crippen molar-refractivity contribution >= 4 is 5.97 Å². The molecule has 0 saturated heterocycles. The van der Waals surface area contributed by atoms with Gasteiger partial charge in [0.2, 0.25) is 0 Å². The number of carboxylic acid groups (broad SMARTS) is 1. The molecule has 0 aliphatic heterocycles. The summed E-state index contributed by atoms with van der Waals surface area (Å²) in [6, 6.07) is 0. The number of unbranched alkanes of at least 4 members (excludes halogenated alkanes) is 3. The Labute approximate surface area is 116 Å². The lowest BCUT2D eigenvalue weighted by atomic mass is 10.3. The van der Waals surface area contributed by atoms with Crippen molar-refractivity contribution in [3.63, 3.8) is 0 Å². The van der Waals surface area contributed by atoms with Crippen LogP contribution < -0.4 is 0 Å². The van der Waals surface area contributed by atoms with E-state index in [9.17, 15) is 9.90 Å². The fourth-order valence-corrected chi connectivity index (χ4v) is 1.36. The molecule has 0 aliphatic rings. The second kappa shape index (κ2) is 11.2. The molecule has 0 spiro atoms. The molecule has 5 nitrogen and oxygen atoms in total. The summed E-state index contributed by atoms with van der Waals surface area (Å²) in [5.41, 5.74) is 0. The summed E-state index contributed by atoms with van der Waals surface area (Å²) in [5.74, 6) is -3.14. The van der Waals surface area contributed by atoms with Gasteiger partial charge in [0.1, 0.15) is 0 Å². The molecule has 0 amide bonds. The summed E-state index contributed by atoms with van der Waals surface area (Å²) in [7, 11) is 0. The van der Waals surface area contributed by atoms with Crippen molar-refractivity contribution in [1.29, 1.82) is 0 Å². The summed E-state index contributed by atoms with van der Waals surface area (Å²) in [4.78, 5) is 11.4. The second-order valence-electron chi connectivity index (χ2n) is 4.47. The van der Waals surface area contributed by atoms with Crippen molar-refractivity contribution in [3.8, 4) is 0 Å². The molecule has 0 bridgehead atoms. The largest absolute Gasteiger partial charge is 0.475 e. The summed E-state index contributed by atoms with van der Waals surface area (Å²) in [6.45, 7) is 7.01. The molecule has 0 radical (unpaired) electrons. The first-order chi connectivity index (χ1) is 9.13. The first kappa shape index (κ1) is 18.4. The maximum absolute atomic E-state index is 11.4. The maximum Gasteiger partial charge on any atom is 0.395 e. The fraction of sp³-hybridized carbons (Fsp3) is 0.929. The topological polar surface area (TPSA) is 65.0 Å². The van der Waals surface area contributed by atoms with Crippen LogP contribution in [-0.2, 0) is 19.0 Å². The molecule has 114 valence electrons. The van der Waals surface area contributed by atoms with Gasteiger partial charge in [-0.25, -0.2) is 4.79 Å². The van der Waals surface area contributed by atoms with Crippen LogP contribution in [0.25, 0.3) is 0 Å². The molecule has 0 aromatic heterocycles. The van der Waals surface area contributed by atoms with Crippen molar-refractivity contribution in [2.45, 2.75) is 65.3 Å². The highest BCUT2D eigenvalue weighted by Crippen LogP contribution is 2.18. The van der Waals surface area contributed by atoms with Gasteiger partial charge in [-0.15, -0.1) is 0 Å². The zero-order chi connectivity index (χ0) is 14.6. The number of rotatable bonds is 13. The number of hydrogen-bond donors (Lipinski definition) is 1. The van der Waals surface area contributed by atoms with Gasteiger partial charge in [0, 0.05) is 0 Å². The second-order valence-corrected chi connectivity index (χ2v) is 4.47. The van der Waals surface area contributed by atoms with Gasteiger partial charge in [0.05, 0.1) is 19.8 Å². The summed E-state index contributed by atoms with van der Waals surface area (Å²) in [5, 5.41) is 9.35. The minimum atomic E-state index is -1.93. The summed E-state index contributed by atoms with van der Waals surface area (Å²) < 4.78 is 16.1. The summed E-state index contributed by atoms with van der Waals surface area (Å²) in [6.07, 6.45) is 5.13. The predicted octanol–water partition coefficient (Wildman–Crippen LogP) is 3.17. The molecule has 0 heterocycles. The van der Waals surface area contributed by atoms with Crippen LogP contribution >= 0.6 is 0 Å². The van der Waals surface area contributed by atoms with Crippen LogP contribution in [0.3, 0.4) is 0 Å². The molecular formula is C14H28O5. The Balaban J connectivity index is 4.53. The molecule has 5 heteroatoms. The minimum absolute atomic E-state index is 0.320. The Morgan fingerprint density at radius 3 is 1.37 bits per heavy atom. The smallest absolute Gasteiger partial charge is 0.395 e. The fourth-order valence-electron chi connectivity index (χ4n) is 1.36. The van der Waals surface area contributed by atoms with Crippen molar-refractivity contribution in [3.05, 3.63) is 0 Å². The molecular weight excluding hydrogens is 248 g/mol. The van der Waals surface area contributed by atoms with Crippen molar-refractivity contribution in [2.24, 2.45) is 0 Å². The van der Waals surface area contributed by atoms with E-state index >= 15 is 0 Å². The average molecular weight is 276 g/mol. The normalized spacial score (nSPS) is 11.7. The molecule has 0 aliphatic carbocycles. The van der Waals surface area contributed by atoms with Crippen LogP contribution in [-0.4, -0.2) is 36.9 Å². The highest BCUT2D eigenvalue weighted by molar-refractivity contribution is 5.73. The standard InChI is InChI=1S/C14H28O5/c1-4-7-10-17-14(13(15)16,18-11-8-5-2)19-12-9-6-3/h4-12H2,1-3H3,(H,15,16). The molecule has 0 unspecified atom stereocenters. The SMILES string of the molecule is CCCCOC(OCCCC)(OCCCC)C(=O)O. The zero-order valence-corrected chi connectivity index (χ0v) is 12.4. The molecule has 0 atom stereocenters. The van der Waals surface area contributed by atoms with Crippen LogP contribution in [0.1, 0.15) is 59.3 Å². The number of carboxylic acids is 1.